The number of anilines is 4. The van der Waals surface area contributed by atoms with Crippen molar-refractivity contribution in [1.29, 1.82) is 0 Å². The lowest BCUT2D eigenvalue weighted by Crippen LogP contribution is -2.37. The smallest absolute Gasteiger partial charge is 0.250 e. The molecule has 1 fully saturated rings. The largest absolute Gasteiger partial charge is 0.495 e. The van der Waals surface area contributed by atoms with Crippen molar-refractivity contribution in [2.75, 3.05) is 49.1 Å². The fourth-order valence-electron chi connectivity index (χ4n) is 3.09. The molecule has 4 rings (SSSR count). The minimum Gasteiger partial charge on any atom is -0.495 e. The summed E-state index contributed by atoms with van der Waals surface area (Å²) in [5.74, 6) is 1.36. The standard InChI is InChI=1S/C21H20Br2FN7O2/c1-32-18-13(10-14(22)11-17(18)23)12-25-30-20-27-19(26-16-4-2-15(24)3-5-16)28-21(29-20)31-6-8-33-9-7-31/h2-5,10-12H,6-9H2,1H3,(H2,26,27,28,29,30)/b25-12+. The Labute approximate surface area is 206 Å². The number of aromatic nitrogens is 3. The third-order valence-electron chi connectivity index (χ3n) is 4.63. The maximum Gasteiger partial charge on any atom is 0.250 e. The molecule has 1 aromatic heterocycles. The van der Waals surface area contributed by atoms with Crippen molar-refractivity contribution in [3.05, 3.63) is 56.7 Å². The molecule has 0 aliphatic carbocycles. The number of benzene rings is 2. The highest BCUT2D eigenvalue weighted by molar-refractivity contribution is 9.11. The van der Waals surface area contributed by atoms with Crippen LogP contribution in [0.5, 0.6) is 5.75 Å². The van der Waals surface area contributed by atoms with Crippen LogP contribution in [0.25, 0.3) is 0 Å². The van der Waals surface area contributed by atoms with Gasteiger partial charge in [-0.25, -0.2) is 9.82 Å². The van der Waals surface area contributed by atoms with E-state index in [0.29, 0.717) is 49.6 Å². The molecule has 1 aliphatic heterocycles. The molecule has 0 unspecified atom stereocenters. The Bertz CT molecular complexity index is 1140. The van der Waals surface area contributed by atoms with Crippen molar-refractivity contribution in [3.8, 4) is 5.75 Å². The number of nitrogens with one attached hydrogen (secondary N) is 2. The zero-order chi connectivity index (χ0) is 23.2. The molecular formula is C21H20Br2FN7O2. The maximum atomic E-state index is 13.3. The Morgan fingerprint density at radius 1 is 1.09 bits per heavy atom. The summed E-state index contributed by atoms with van der Waals surface area (Å²) in [6.45, 7) is 2.49. The van der Waals surface area contributed by atoms with Crippen molar-refractivity contribution in [2.45, 2.75) is 0 Å². The molecule has 0 amide bonds. The topological polar surface area (TPSA) is 96.8 Å². The normalized spacial score (nSPS) is 13.9. The number of halogens is 3. The Balaban J connectivity index is 1.59. The van der Waals surface area contributed by atoms with E-state index in [2.05, 4.69) is 62.7 Å². The summed E-state index contributed by atoms with van der Waals surface area (Å²) in [6, 6.07) is 9.70. The average Bonchev–Trinajstić information content (AvgIpc) is 2.81. The number of methoxy groups -OCH3 is 1. The fourth-order valence-corrected chi connectivity index (χ4v) is 4.51. The molecule has 0 radical (unpaired) electrons. The fraction of sp³-hybridized carbons (Fsp3) is 0.238. The van der Waals surface area contributed by atoms with E-state index in [1.165, 1.54) is 12.1 Å². The van der Waals surface area contributed by atoms with E-state index < -0.39 is 0 Å². The molecule has 0 saturated carbocycles. The number of hydrazone groups is 1. The first-order valence-electron chi connectivity index (χ1n) is 9.95. The Morgan fingerprint density at radius 3 is 2.55 bits per heavy atom. The highest BCUT2D eigenvalue weighted by atomic mass is 79.9. The summed E-state index contributed by atoms with van der Waals surface area (Å²) in [5, 5.41) is 7.36. The third-order valence-corrected chi connectivity index (χ3v) is 5.67. The average molecular weight is 581 g/mol. The van der Waals surface area contributed by atoms with E-state index in [4.69, 9.17) is 9.47 Å². The van der Waals surface area contributed by atoms with Gasteiger partial charge in [-0.05, 0) is 52.3 Å². The van der Waals surface area contributed by atoms with Gasteiger partial charge in [-0.15, -0.1) is 0 Å². The first-order chi connectivity index (χ1) is 16.0. The van der Waals surface area contributed by atoms with Crippen LogP contribution in [0.1, 0.15) is 5.56 Å². The maximum absolute atomic E-state index is 13.3. The molecule has 12 heteroatoms. The predicted octanol–water partition coefficient (Wildman–Crippen LogP) is 4.57. The molecule has 0 atom stereocenters. The SMILES string of the molecule is COc1c(Br)cc(Br)cc1/C=N/Nc1nc(Nc2ccc(F)cc2)nc(N2CCOCC2)n1. The number of nitrogens with zero attached hydrogens (tertiary/aromatic N) is 5. The predicted molar refractivity (Wildman–Crippen MR) is 132 cm³/mol. The molecule has 2 heterocycles. The van der Waals surface area contributed by atoms with E-state index >= 15 is 0 Å². The summed E-state index contributed by atoms with van der Waals surface area (Å²) in [4.78, 5) is 15.4. The van der Waals surface area contributed by atoms with Gasteiger partial charge in [0.2, 0.25) is 17.8 Å². The van der Waals surface area contributed by atoms with Gasteiger partial charge in [0.1, 0.15) is 11.6 Å². The van der Waals surface area contributed by atoms with Gasteiger partial charge in [0.15, 0.2) is 0 Å². The van der Waals surface area contributed by atoms with E-state index in [1.807, 2.05) is 17.0 Å². The van der Waals surface area contributed by atoms with Gasteiger partial charge in [0, 0.05) is 28.8 Å². The van der Waals surface area contributed by atoms with E-state index in [0.717, 1.165) is 14.5 Å². The zero-order valence-corrected chi connectivity index (χ0v) is 20.7. The number of rotatable bonds is 7. The van der Waals surface area contributed by atoms with Crippen LogP contribution in [0.2, 0.25) is 0 Å². The summed E-state index contributed by atoms with van der Waals surface area (Å²) in [6.07, 6.45) is 1.61. The van der Waals surface area contributed by atoms with Crippen LogP contribution < -0.4 is 20.4 Å². The molecule has 0 spiro atoms. The molecule has 1 aliphatic rings. The van der Waals surface area contributed by atoms with Gasteiger partial charge in [-0.2, -0.15) is 20.1 Å². The molecule has 33 heavy (non-hydrogen) atoms. The number of morpholine rings is 1. The van der Waals surface area contributed by atoms with Gasteiger partial charge in [-0.1, -0.05) is 15.9 Å². The summed E-state index contributed by atoms with van der Waals surface area (Å²) in [5.41, 5.74) is 4.26. The Morgan fingerprint density at radius 2 is 1.82 bits per heavy atom. The Hall–Kier alpha value is -2.83. The molecular weight excluding hydrogens is 561 g/mol. The molecule has 172 valence electrons. The summed E-state index contributed by atoms with van der Waals surface area (Å²) in [7, 11) is 1.59. The van der Waals surface area contributed by atoms with Crippen molar-refractivity contribution >= 4 is 61.6 Å². The minimum atomic E-state index is -0.323. The van der Waals surface area contributed by atoms with Gasteiger partial charge >= 0.3 is 0 Å². The van der Waals surface area contributed by atoms with E-state index in [-0.39, 0.29) is 11.8 Å². The lowest BCUT2D eigenvalue weighted by atomic mass is 10.2. The molecule has 3 aromatic rings. The molecule has 2 aromatic carbocycles. The van der Waals surface area contributed by atoms with Crippen molar-refractivity contribution in [1.82, 2.24) is 15.0 Å². The number of hydrogen-bond donors (Lipinski definition) is 2. The van der Waals surface area contributed by atoms with Crippen LogP contribution in [0.15, 0.2) is 50.4 Å². The van der Waals surface area contributed by atoms with E-state index in [9.17, 15) is 4.39 Å². The molecule has 1 saturated heterocycles. The highest BCUT2D eigenvalue weighted by Crippen LogP contribution is 2.31. The highest BCUT2D eigenvalue weighted by Gasteiger charge is 2.17. The van der Waals surface area contributed by atoms with Gasteiger partial charge in [0.25, 0.3) is 0 Å². The van der Waals surface area contributed by atoms with Gasteiger partial charge in [0.05, 0.1) is 31.0 Å². The number of ether oxygens (including phenoxy) is 2. The Kier molecular flexibility index (Phi) is 7.68. The third kappa shape index (κ3) is 6.15. The second kappa shape index (κ2) is 10.9. The molecule has 9 nitrogen and oxygen atoms in total. The summed E-state index contributed by atoms with van der Waals surface area (Å²) >= 11 is 6.94. The second-order valence-electron chi connectivity index (χ2n) is 6.89. The van der Waals surface area contributed by atoms with Crippen molar-refractivity contribution in [3.63, 3.8) is 0 Å². The number of hydrogen-bond acceptors (Lipinski definition) is 9. The molecule has 2 N–H and O–H groups in total. The van der Waals surface area contributed by atoms with Gasteiger partial charge < -0.3 is 19.7 Å². The van der Waals surface area contributed by atoms with Crippen LogP contribution >= 0.6 is 31.9 Å². The van der Waals surface area contributed by atoms with Crippen LogP contribution in [-0.4, -0.2) is 54.6 Å². The minimum absolute atomic E-state index is 0.250. The lowest BCUT2D eigenvalue weighted by molar-refractivity contribution is 0.122. The first kappa shape index (κ1) is 23.3. The van der Waals surface area contributed by atoms with Crippen LogP contribution in [-0.2, 0) is 4.74 Å². The monoisotopic (exact) mass is 579 g/mol. The van der Waals surface area contributed by atoms with Crippen molar-refractivity contribution < 1.29 is 13.9 Å². The van der Waals surface area contributed by atoms with Crippen molar-refractivity contribution in [2.24, 2.45) is 5.10 Å². The first-order valence-corrected chi connectivity index (χ1v) is 11.5. The van der Waals surface area contributed by atoms with Crippen LogP contribution in [0, 0.1) is 5.82 Å². The van der Waals surface area contributed by atoms with Gasteiger partial charge in [-0.3, -0.25) is 0 Å². The molecule has 0 bridgehead atoms. The zero-order valence-electron chi connectivity index (χ0n) is 17.6. The lowest BCUT2D eigenvalue weighted by Gasteiger charge is -2.27. The van der Waals surface area contributed by atoms with E-state index in [1.54, 1.807) is 25.5 Å². The second-order valence-corrected chi connectivity index (χ2v) is 8.66. The quantitative estimate of drug-likeness (QED) is 0.310. The summed E-state index contributed by atoms with van der Waals surface area (Å²) < 4.78 is 25.8. The van der Waals surface area contributed by atoms with Crippen LogP contribution in [0.3, 0.4) is 0 Å². The van der Waals surface area contributed by atoms with Crippen LogP contribution in [0.4, 0.5) is 27.9 Å².